The predicted molar refractivity (Wildman–Crippen MR) is 151 cm³/mol. The van der Waals surface area contributed by atoms with Crippen molar-refractivity contribution in [2.45, 2.75) is 26.2 Å². The second-order valence-corrected chi connectivity index (χ2v) is 8.98. The van der Waals surface area contributed by atoms with Gasteiger partial charge in [-0.3, -0.25) is 4.79 Å². The van der Waals surface area contributed by atoms with Gasteiger partial charge in [0.25, 0.3) is 0 Å². The first-order valence-corrected chi connectivity index (χ1v) is 12.9. The molecule has 3 amide bonds. The molecule has 0 spiro atoms. The Bertz CT molecular complexity index is 1390. The van der Waals surface area contributed by atoms with Gasteiger partial charge in [0.15, 0.2) is 0 Å². The number of aromatic nitrogens is 2. The van der Waals surface area contributed by atoms with E-state index in [1.165, 1.54) is 24.1 Å². The number of hydrogen-bond donors (Lipinski definition) is 2. The third-order valence-electron chi connectivity index (χ3n) is 6.12. The van der Waals surface area contributed by atoms with E-state index in [1.807, 2.05) is 36.4 Å². The molecule has 202 valence electrons. The van der Waals surface area contributed by atoms with E-state index in [-0.39, 0.29) is 18.3 Å². The van der Waals surface area contributed by atoms with Gasteiger partial charge in [0.05, 0.1) is 24.2 Å². The van der Waals surface area contributed by atoms with Crippen molar-refractivity contribution >= 4 is 23.4 Å². The number of hydrogen-bond acceptors (Lipinski definition) is 4. The van der Waals surface area contributed by atoms with Gasteiger partial charge >= 0.3 is 6.03 Å². The Kier molecular flexibility index (Phi) is 9.29. The molecule has 2 N–H and O–H groups in total. The van der Waals surface area contributed by atoms with E-state index in [2.05, 4.69) is 22.7 Å². The van der Waals surface area contributed by atoms with Gasteiger partial charge in [-0.25, -0.2) is 13.9 Å². The second-order valence-electron chi connectivity index (χ2n) is 8.98. The molecule has 0 atom stereocenters. The van der Waals surface area contributed by atoms with Gasteiger partial charge in [0.1, 0.15) is 23.9 Å². The molecule has 0 saturated carbocycles. The predicted octanol–water partition coefficient (Wildman–Crippen LogP) is 6.35. The first kappa shape index (κ1) is 27.4. The molecule has 0 aliphatic rings. The van der Waals surface area contributed by atoms with Crippen molar-refractivity contribution in [3.05, 3.63) is 90.7 Å². The molecular formula is C30H32FN5O3. The average Bonchev–Trinajstić information content (AvgIpc) is 3.37. The zero-order chi connectivity index (χ0) is 27.6. The maximum atomic E-state index is 13.6. The lowest BCUT2D eigenvalue weighted by molar-refractivity contribution is -0.116. The largest absolute Gasteiger partial charge is 0.495 e. The normalized spacial score (nSPS) is 10.6. The fourth-order valence-corrected chi connectivity index (χ4v) is 4.10. The molecule has 0 radical (unpaired) electrons. The van der Waals surface area contributed by atoms with Gasteiger partial charge in [-0.05, 0) is 42.8 Å². The molecule has 1 heterocycles. The number of halogens is 1. The number of carbonyl (C=O) groups is 2. The fraction of sp³-hybridized carbons (Fsp3) is 0.233. The van der Waals surface area contributed by atoms with Crippen LogP contribution in [-0.4, -0.2) is 46.8 Å². The number of anilines is 2. The van der Waals surface area contributed by atoms with Gasteiger partial charge in [-0.2, -0.15) is 5.10 Å². The molecule has 0 aliphatic heterocycles. The molecule has 0 saturated heterocycles. The van der Waals surface area contributed by atoms with E-state index in [0.717, 1.165) is 24.8 Å². The summed E-state index contributed by atoms with van der Waals surface area (Å²) in [5.41, 5.74) is 2.62. The third kappa shape index (κ3) is 7.22. The van der Waals surface area contributed by atoms with Gasteiger partial charge in [0, 0.05) is 18.2 Å². The molecule has 3 aromatic carbocycles. The van der Waals surface area contributed by atoms with Crippen molar-refractivity contribution in [3.63, 3.8) is 0 Å². The minimum atomic E-state index is -0.400. The van der Waals surface area contributed by atoms with E-state index < -0.39 is 6.03 Å². The highest BCUT2D eigenvalue weighted by molar-refractivity contribution is 5.97. The highest BCUT2D eigenvalue weighted by Gasteiger charge is 2.20. The third-order valence-corrected chi connectivity index (χ3v) is 6.12. The van der Waals surface area contributed by atoms with Crippen LogP contribution in [0.5, 0.6) is 5.75 Å². The topological polar surface area (TPSA) is 88.5 Å². The summed E-state index contributed by atoms with van der Waals surface area (Å²) in [6.07, 6.45) is 2.67. The highest BCUT2D eigenvalue weighted by atomic mass is 19.1. The summed E-state index contributed by atoms with van der Waals surface area (Å²) in [6, 6.07) is 23.9. The number of unbranched alkanes of at least 4 members (excludes halogenated alkanes) is 2. The Morgan fingerprint density at radius 2 is 1.67 bits per heavy atom. The van der Waals surface area contributed by atoms with Crippen LogP contribution in [0.1, 0.15) is 26.2 Å². The quantitative estimate of drug-likeness (QED) is 0.222. The van der Waals surface area contributed by atoms with Crippen LogP contribution in [0.15, 0.2) is 84.9 Å². The zero-order valence-electron chi connectivity index (χ0n) is 22.1. The molecule has 0 fully saturated rings. The number of rotatable bonds is 11. The summed E-state index contributed by atoms with van der Waals surface area (Å²) in [6.45, 7) is 2.32. The summed E-state index contributed by atoms with van der Waals surface area (Å²) in [5, 5.41) is 10.4. The molecule has 0 unspecified atom stereocenters. The van der Waals surface area contributed by atoms with Crippen LogP contribution in [0.2, 0.25) is 0 Å². The van der Waals surface area contributed by atoms with E-state index >= 15 is 0 Å². The number of amides is 3. The number of ether oxygens (including phenoxy) is 1. The number of nitrogens with one attached hydrogen (secondary N) is 2. The number of carbonyl (C=O) groups excluding carboxylic acids is 2. The summed E-state index contributed by atoms with van der Waals surface area (Å²) in [5.74, 6) is 0.178. The van der Waals surface area contributed by atoms with Crippen molar-refractivity contribution in [3.8, 4) is 22.7 Å². The first-order chi connectivity index (χ1) is 19.0. The monoisotopic (exact) mass is 529 g/mol. The van der Waals surface area contributed by atoms with E-state index in [0.29, 0.717) is 35.2 Å². The lowest BCUT2D eigenvalue weighted by Gasteiger charge is -2.23. The summed E-state index contributed by atoms with van der Waals surface area (Å²) in [4.78, 5) is 27.9. The average molecular weight is 530 g/mol. The molecule has 8 nitrogen and oxygen atoms in total. The van der Waals surface area contributed by atoms with Crippen molar-refractivity contribution in [1.82, 2.24) is 14.7 Å². The van der Waals surface area contributed by atoms with Crippen molar-refractivity contribution < 1.29 is 18.7 Å². The van der Waals surface area contributed by atoms with Crippen LogP contribution < -0.4 is 15.4 Å². The molecule has 39 heavy (non-hydrogen) atoms. The van der Waals surface area contributed by atoms with Crippen LogP contribution in [-0.2, 0) is 4.79 Å². The maximum Gasteiger partial charge on any atom is 0.322 e. The number of benzene rings is 3. The summed E-state index contributed by atoms with van der Waals surface area (Å²) >= 11 is 0. The fourth-order valence-electron chi connectivity index (χ4n) is 4.10. The molecule has 4 aromatic rings. The van der Waals surface area contributed by atoms with Crippen LogP contribution in [0.3, 0.4) is 0 Å². The summed E-state index contributed by atoms with van der Waals surface area (Å²) < 4.78 is 20.5. The zero-order valence-corrected chi connectivity index (χ0v) is 22.1. The standard InChI is InChI=1S/C30H32FN5O3/c1-3-4-10-19-35(30(38)32-25-13-8-9-14-27(25)39-2)21-29(37)33-28-20-26(22-11-6-5-7-12-22)34-36(28)24-17-15-23(31)16-18-24/h5-9,11-18,20H,3-4,10,19,21H2,1-2H3,(H,32,38)(H,33,37). The van der Waals surface area contributed by atoms with Gasteiger partial charge < -0.3 is 20.3 Å². The Morgan fingerprint density at radius 3 is 2.38 bits per heavy atom. The smallest absolute Gasteiger partial charge is 0.322 e. The van der Waals surface area contributed by atoms with Crippen molar-refractivity contribution in [2.75, 3.05) is 30.8 Å². The van der Waals surface area contributed by atoms with Gasteiger partial charge in [-0.15, -0.1) is 0 Å². The lowest BCUT2D eigenvalue weighted by Crippen LogP contribution is -2.41. The summed E-state index contributed by atoms with van der Waals surface area (Å²) in [7, 11) is 1.53. The number of urea groups is 1. The van der Waals surface area contributed by atoms with E-state index in [4.69, 9.17) is 4.74 Å². The molecule has 4 rings (SSSR count). The van der Waals surface area contributed by atoms with Crippen LogP contribution in [0.4, 0.5) is 20.7 Å². The van der Waals surface area contributed by atoms with Gasteiger partial charge in [0.2, 0.25) is 5.91 Å². The minimum absolute atomic E-state index is 0.167. The van der Waals surface area contributed by atoms with E-state index in [1.54, 1.807) is 41.1 Å². The first-order valence-electron chi connectivity index (χ1n) is 12.9. The van der Waals surface area contributed by atoms with Crippen molar-refractivity contribution in [2.24, 2.45) is 0 Å². The Morgan fingerprint density at radius 1 is 0.949 bits per heavy atom. The second kappa shape index (κ2) is 13.2. The minimum Gasteiger partial charge on any atom is -0.495 e. The Hall–Kier alpha value is -4.66. The van der Waals surface area contributed by atoms with E-state index in [9.17, 15) is 14.0 Å². The molecule has 0 aliphatic carbocycles. The Balaban J connectivity index is 1.56. The van der Waals surface area contributed by atoms with Crippen LogP contribution in [0, 0.1) is 5.82 Å². The Labute approximate surface area is 227 Å². The molecule has 9 heteroatoms. The highest BCUT2D eigenvalue weighted by Crippen LogP contribution is 2.26. The SMILES string of the molecule is CCCCCN(CC(=O)Nc1cc(-c2ccccc2)nn1-c1ccc(F)cc1)C(=O)Nc1ccccc1OC. The van der Waals surface area contributed by atoms with Crippen LogP contribution in [0.25, 0.3) is 16.9 Å². The molecule has 1 aromatic heterocycles. The lowest BCUT2D eigenvalue weighted by atomic mass is 10.1. The molecule has 0 bridgehead atoms. The number of para-hydroxylation sites is 2. The maximum absolute atomic E-state index is 13.6. The van der Waals surface area contributed by atoms with Crippen molar-refractivity contribution in [1.29, 1.82) is 0 Å². The van der Waals surface area contributed by atoms with Crippen LogP contribution >= 0.6 is 0 Å². The molecular weight excluding hydrogens is 497 g/mol. The number of nitrogens with zero attached hydrogens (tertiary/aromatic N) is 3. The number of methoxy groups -OCH3 is 1. The van der Waals surface area contributed by atoms with Gasteiger partial charge in [-0.1, -0.05) is 62.2 Å².